The van der Waals surface area contributed by atoms with Gasteiger partial charge in [0.1, 0.15) is 5.78 Å². The lowest BCUT2D eigenvalue weighted by Gasteiger charge is -1.98. The zero-order valence-electron chi connectivity index (χ0n) is 14.8. The molecular formula is C19H23ClN2O3. The molecule has 0 atom stereocenters. The van der Waals surface area contributed by atoms with Crippen LogP contribution in [0.2, 0.25) is 0 Å². The Labute approximate surface area is 153 Å². The Morgan fingerprint density at radius 1 is 0.800 bits per heavy atom. The minimum absolute atomic E-state index is 0.167. The standard InChI is InChI=1S/C8H7ClO.C8H10N2O.C3H6O/c1-6-2-4-7(5-3-6)8(9)10;1-6-2-4-7(5-3-6)8(11)10-9;1-3(2)4/h2-5H,1H3;2-5H,9H2,1H3,(H,10,11);1-2H3. The van der Waals surface area contributed by atoms with Gasteiger partial charge in [0.05, 0.1) is 0 Å². The summed E-state index contributed by atoms with van der Waals surface area (Å²) in [6.07, 6.45) is 0. The van der Waals surface area contributed by atoms with Gasteiger partial charge in [-0.3, -0.25) is 15.0 Å². The second kappa shape index (κ2) is 11.9. The van der Waals surface area contributed by atoms with Crippen molar-refractivity contribution in [3.63, 3.8) is 0 Å². The normalized spacial score (nSPS) is 8.88. The van der Waals surface area contributed by atoms with E-state index in [4.69, 9.17) is 17.4 Å². The van der Waals surface area contributed by atoms with E-state index in [1.54, 1.807) is 24.3 Å². The van der Waals surface area contributed by atoms with Crippen molar-refractivity contribution in [2.24, 2.45) is 5.84 Å². The van der Waals surface area contributed by atoms with Crippen molar-refractivity contribution in [2.75, 3.05) is 0 Å². The number of nitrogens with two attached hydrogens (primary N) is 1. The second-order valence-corrected chi connectivity index (χ2v) is 5.73. The Bertz CT molecular complexity index is 692. The van der Waals surface area contributed by atoms with E-state index in [-0.39, 0.29) is 11.7 Å². The fourth-order valence-corrected chi connectivity index (χ4v) is 1.60. The number of halogens is 1. The van der Waals surface area contributed by atoms with Crippen molar-refractivity contribution in [3.05, 3.63) is 70.8 Å². The van der Waals surface area contributed by atoms with E-state index in [1.807, 2.05) is 38.1 Å². The summed E-state index contributed by atoms with van der Waals surface area (Å²) >= 11 is 5.22. The van der Waals surface area contributed by atoms with Gasteiger partial charge >= 0.3 is 0 Å². The van der Waals surface area contributed by atoms with Gasteiger partial charge in [-0.05, 0) is 63.6 Å². The fourth-order valence-electron chi connectivity index (χ4n) is 1.47. The quantitative estimate of drug-likeness (QED) is 0.370. The monoisotopic (exact) mass is 362 g/mol. The first kappa shape index (κ1) is 22.5. The number of ketones is 1. The number of nitrogen functional groups attached to an aromatic ring is 1. The van der Waals surface area contributed by atoms with Crippen LogP contribution in [-0.4, -0.2) is 16.9 Å². The van der Waals surface area contributed by atoms with Crippen molar-refractivity contribution in [2.45, 2.75) is 27.7 Å². The van der Waals surface area contributed by atoms with Crippen LogP contribution in [0.25, 0.3) is 0 Å². The van der Waals surface area contributed by atoms with Crippen LogP contribution in [0, 0.1) is 13.8 Å². The lowest BCUT2D eigenvalue weighted by atomic mass is 10.1. The molecule has 0 aliphatic heterocycles. The van der Waals surface area contributed by atoms with Crippen molar-refractivity contribution in [1.29, 1.82) is 0 Å². The summed E-state index contributed by atoms with van der Waals surface area (Å²) in [5.74, 6) is 4.85. The largest absolute Gasteiger partial charge is 0.300 e. The van der Waals surface area contributed by atoms with E-state index < -0.39 is 5.24 Å². The highest BCUT2D eigenvalue weighted by molar-refractivity contribution is 6.67. The molecule has 134 valence electrons. The molecule has 0 saturated heterocycles. The second-order valence-electron chi connectivity index (χ2n) is 5.39. The molecule has 0 unspecified atom stereocenters. The van der Waals surface area contributed by atoms with Gasteiger partial charge in [-0.25, -0.2) is 5.84 Å². The van der Waals surface area contributed by atoms with Crippen LogP contribution in [0.4, 0.5) is 0 Å². The molecule has 0 heterocycles. The molecule has 6 heteroatoms. The summed E-state index contributed by atoms with van der Waals surface area (Å²) in [7, 11) is 0. The van der Waals surface area contributed by atoms with Gasteiger partial charge in [0.15, 0.2) is 0 Å². The molecule has 3 N–H and O–H groups in total. The van der Waals surface area contributed by atoms with Crippen LogP contribution >= 0.6 is 11.6 Å². The Morgan fingerprint density at radius 2 is 1.12 bits per heavy atom. The summed E-state index contributed by atoms with van der Waals surface area (Å²) in [5.41, 5.74) is 5.44. The first-order valence-corrected chi connectivity index (χ1v) is 7.86. The molecule has 0 fully saturated rings. The zero-order chi connectivity index (χ0) is 19.4. The van der Waals surface area contributed by atoms with Crippen molar-refractivity contribution in [1.82, 2.24) is 5.43 Å². The highest BCUT2D eigenvalue weighted by atomic mass is 35.5. The predicted molar refractivity (Wildman–Crippen MR) is 101 cm³/mol. The zero-order valence-corrected chi connectivity index (χ0v) is 15.6. The van der Waals surface area contributed by atoms with Crippen molar-refractivity contribution in [3.8, 4) is 0 Å². The highest BCUT2D eigenvalue weighted by Gasteiger charge is 2.00. The van der Waals surface area contributed by atoms with Crippen LogP contribution < -0.4 is 11.3 Å². The average Bonchev–Trinajstić information content (AvgIpc) is 2.55. The Balaban J connectivity index is 0.000000383. The van der Waals surface area contributed by atoms with Gasteiger partial charge in [-0.2, -0.15) is 0 Å². The van der Waals surface area contributed by atoms with Gasteiger partial charge in [-0.15, -0.1) is 0 Å². The van der Waals surface area contributed by atoms with Gasteiger partial charge < -0.3 is 4.79 Å². The number of hydrazine groups is 1. The first-order chi connectivity index (χ1) is 11.7. The lowest BCUT2D eigenvalue weighted by molar-refractivity contribution is -0.115. The molecule has 0 bridgehead atoms. The third kappa shape index (κ3) is 10.8. The molecule has 0 radical (unpaired) electrons. The maximum absolute atomic E-state index is 10.9. The number of Topliss-reactive ketones (excluding diaryl/α,β-unsaturated/α-hetero) is 1. The lowest BCUT2D eigenvalue weighted by Crippen LogP contribution is -2.29. The van der Waals surface area contributed by atoms with E-state index in [1.165, 1.54) is 13.8 Å². The van der Waals surface area contributed by atoms with Crippen LogP contribution in [0.5, 0.6) is 0 Å². The van der Waals surface area contributed by atoms with Gasteiger partial charge in [0.25, 0.3) is 11.1 Å². The minimum Gasteiger partial charge on any atom is -0.300 e. The molecule has 0 aliphatic rings. The van der Waals surface area contributed by atoms with Crippen molar-refractivity contribution >= 4 is 28.5 Å². The third-order valence-electron chi connectivity index (χ3n) is 2.72. The summed E-state index contributed by atoms with van der Waals surface area (Å²) in [6, 6.07) is 14.3. The Hall–Kier alpha value is -2.50. The number of carbonyl (C=O) groups excluding carboxylic acids is 3. The molecule has 25 heavy (non-hydrogen) atoms. The average molecular weight is 363 g/mol. The third-order valence-corrected chi connectivity index (χ3v) is 2.94. The van der Waals surface area contributed by atoms with Gasteiger partial charge in [0.2, 0.25) is 0 Å². The highest BCUT2D eigenvalue weighted by Crippen LogP contribution is 2.05. The number of nitrogens with one attached hydrogen (secondary N) is 1. The summed E-state index contributed by atoms with van der Waals surface area (Å²) in [5, 5.41) is -0.403. The Morgan fingerprint density at radius 3 is 1.40 bits per heavy atom. The molecule has 2 aromatic carbocycles. The molecule has 2 rings (SSSR count). The number of hydrogen-bond acceptors (Lipinski definition) is 4. The van der Waals surface area contributed by atoms with Crippen LogP contribution in [-0.2, 0) is 4.79 Å². The van der Waals surface area contributed by atoms with Crippen LogP contribution in [0.1, 0.15) is 45.7 Å². The number of aryl methyl sites for hydroxylation is 2. The summed E-state index contributed by atoms with van der Waals surface area (Å²) in [6.45, 7) is 6.98. The van der Waals surface area contributed by atoms with E-state index in [2.05, 4.69) is 5.43 Å². The maximum Gasteiger partial charge on any atom is 0.265 e. The summed E-state index contributed by atoms with van der Waals surface area (Å²) in [4.78, 5) is 30.9. The number of carbonyl (C=O) groups is 3. The number of rotatable bonds is 2. The molecule has 0 aliphatic carbocycles. The minimum atomic E-state index is -0.403. The number of benzene rings is 2. The molecule has 2 aromatic rings. The predicted octanol–water partition coefficient (Wildman–Crippen LogP) is 3.57. The molecule has 0 aromatic heterocycles. The topological polar surface area (TPSA) is 89.3 Å². The van der Waals surface area contributed by atoms with E-state index in [0.29, 0.717) is 11.1 Å². The molecule has 0 saturated carbocycles. The van der Waals surface area contributed by atoms with Gasteiger partial charge in [0, 0.05) is 11.1 Å². The van der Waals surface area contributed by atoms with Crippen LogP contribution in [0.15, 0.2) is 48.5 Å². The number of hydrogen-bond donors (Lipinski definition) is 2. The number of amides is 1. The van der Waals surface area contributed by atoms with E-state index >= 15 is 0 Å². The molecule has 0 spiro atoms. The molecule has 1 amide bonds. The molecule has 5 nitrogen and oxygen atoms in total. The SMILES string of the molecule is CC(C)=O.Cc1ccc(C(=O)Cl)cc1.Cc1ccc(C(=O)NN)cc1. The van der Waals surface area contributed by atoms with E-state index in [0.717, 1.165) is 11.1 Å². The summed E-state index contributed by atoms with van der Waals surface area (Å²) < 4.78 is 0. The maximum atomic E-state index is 10.9. The first-order valence-electron chi connectivity index (χ1n) is 7.48. The fraction of sp³-hybridized carbons (Fsp3) is 0.211. The van der Waals surface area contributed by atoms with Crippen molar-refractivity contribution < 1.29 is 14.4 Å². The molecular weight excluding hydrogens is 340 g/mol. The van der Waals surface area contributed by atoms with Gasteiger partial charge in [-0.1, -0.05) is 35.4 Å². The van der Waals surface area contributed by atoms with E-state index in [9.17, 15) is 14.4 Å². The smallest absolute Gasteiger partial charge is 0.265 e. The van der Waals surface area contributed by atoms with Crippen LogP contribution in [0.3, 0.4) is 0 Å². The Kier molecular flexibility index (Phi) is 10.8.